The van der Waals surface area contributed by atoms with Crippen molar-refractivity contribution in [3.63, 3.8) is 0 Å². The molecule has 3 aromatic rings. The number of benzene rings is 2. The molecule has 8 nitrogen and oxygen atoms in total. The van der Waals surface area contributed by atoms with Crippen molar-refractivity contribution in [2.24, 2.45) is 4.99 Å². The lowest BCUT2D eigenvalue weighted by Crippen LogP contribution is -2.45. The highest BCUT2D eigenvalue weighted by Gasteiger charge is 2.32. The number of fused-ring (bicyclic) bond motifs is 1. The number of nitrogens with zero attached hydrogens (tertiary/aromatic N) is 4. The minimum absolute atomic E-state index is 0.0217. The van der Waals surface area contributed by atoms with E-state index < -0.39 is 0 Å². The number of likely N-dealkylation sites (tertiary alicyclic amines) is 1. The van der Waals surface area contributed by atoms with E-state index >= 15 is 0 Å². The monoisotopic (exact) mass is 581 g/mol. The van der Waals surface area contributed by atoms with Crippen LogP contribution in [0, 0.1) is 0 Å². The number of anilines is 1. The lowest BCUT2D eigenvalue weighted by molar-refractivity contribution is 0.0139. The molecule has 4 heterocycles. The fourth-order valence-electron chi connectivity index (χ4n) is 6.62. The third kappa shape index (κ3) is 5.56. The van der Waals surface area contributed by atoms with Crippen molar-refractivity contribution in [3.05, 3.63) is 87.4 Å². The van der Waals surface area contributed by atoms with Crippen LogP contribution in [0.2, 0.25) is 0 Å². The van der Waals surface area contributed by atoms with Crippen LogP contribution >= 0.6 is 11.3 Å². The van der Waals surface area contributed by atoms with E-state index in [0.717, 1.165) is 80.8 Å². The van der Waals surface area contributed by atoms with E-state index in [1.165, 1.54) is 4.88 Å². The maximum atomic E-state index is 13.7. The number of ether oxygens (including phenoxy) is 1. The summed E-state index contributed by atoms with van der Waals surface area (Å²) in [5, 5.41) is 3.72. The number of thiazole rings is 1. The van der Waals surface area contributed by atoms with E-state index in [1.54, 1.807) is 11.3 Å². The van der Waals surface area contributed by atoms with Gasteiger partial charge in [0, 0.05) is 47.9 Å². The molecule has 2 fully saturated rings. The fraction of sp³-hybridized carbons (Fsp3) is 0.394. The van der Waals surface area contributed by atoms with Gasteiger partial charge >= 0.3 is 0 Å². The Kier molecular flexibility index (Phi) is 7.71. The molecular formula is C33H35N5O3S. The van der Waals surface area contributed by atoms with Gasteiger partial charge in [-0.15, -0.1) is 11.3 Å². The molecular weight excluding hydrogens is 546 g/mol. The first-order chi connectivity index (χ1) is 20.6. The van der Waals surface area contributed by atoms with Crippen LogP contribution in [0.15, 0.2) is 59.6 Å². The Morgan fingerprint density at radius 1 is 1.00 bits per heavy atom. The van der Waals surface area contributed by atoms with E-state index in [1.807, 2.05) is 59.6 Å². The van der Waals surface area contributed by atoms with Gasteiger partial charge in [-0.25, -0.2) is 4.98 Å². The molecule has 7 rings (SSSR count). The first-order valence-corrected chi connectivity index (χ1v) is 15.8. The largest absolute Gasteiger partial charge is 0.379 e. The highest BCUT2D eigenvalue weighted by molar-refractivity contribution is 7.15. The molecule has 216 valence electrons. The van der Waals surface area contributed by atoms with E-state index in [2.05, 4.69) is 21.3 Å². The number of hydrogen-bond acceptors (Lipinski definition) is 7. The Morgan fingerprint density at radius 3 is 2.71 bits per heavy atom. The Labute approximate surface area is 250 Å². The smallest absolute Gasteiger partial charge is 0.257 e. The van der Waals surface area contributed by atoms with Gasteiger partial charge in [0.2, 0.25) is 0 Å². The number of aromatic nitrogens is 1. The third-order valence-electron chi connectivity index (χ3n) is 8.83. The van der Waals surface area contributed by atoms with Crippen molar-refractivity contribution >= 4 is 40.1 Å². The summed E-state index contributed by atoms with van der Waals surface area (Å²) in [5.41, 5.74) is 5.44. The van der Waals surface area contributed by atoms with Crippen LogP contribution in [0.25, 0.3) is 5.57 Å². The fourth-order valence-corrected chi connectivity index (χ4v) is 7.70. The number of nitrogens with one attached hydrogen (secondary N) is 1. The van der Waals surface area contributed by atoms with E-state index in [-0.39, 0.29) is 17.9 Å². The van der Waals surface area contributed by atoms with Crippen LogP contribution in [-0.4, -0.2) is 78.2 Å². The lowest BCUT2D eigenvalue weighted by Gasteiger charge is -2.36. The van der Waals surface area contributed by atoms with Gasteiger partial charge in [-0.1, -0.05) is 30.3 Å². The van der Waals surface area contributed by atoms with Crippen molar-refractivity contribution in [3.8, 4) is 0 Å². The molecule has 0 unspecified atom stereocenters. The summed E-state index contributed by atoms with van der Waals surface area (Å²) < 4.78 is 5.53. The van der Waals surface area contributed by atoms with Gasteiger partial charge in [0.05, 0.1) is 31.5 Å². The van der Waals surface area contributed by atoms with Gasteiger partial charge in [-0.3, -0.25) is 24.8 Å². The van der Waals surface area contributed by atoms with Crippen LogP contribution in [0.3, 0.4) is 0 Å². The Balaban J connectivity index is 1.04. The maximum absolute atomic E-state index is 13.7. The summed E-state index contributed by atoms with van der Waals surface area (Å²) in [4.78, 5) is 41.8. The first-order valence-electron chi connectivity index (χ1n) is 15.0. The molecule has 2 atom stereocenters. The van der Waals surface area contributed by atoms with Crippen molar-refractivity contribution in [1.29, 1.82) is 0 Å². The van der Waals surface area contributed by atoms with Gasteiger partial charge in [0.15, 0.2) is 5.13 Å². The van der Waals surface area contributed by atoms with Crippen LogP contribution in [-0.2, 0) is 17.6 Å². The molecule has 4 aliphatic rings. The second kappa shape index (κ2) is 11.9. The number of morpholine rings is 1. The van der Waals surface area contributed by atoms with Gasteiger partial charge in [0.25, 0.3) is 11.8 Å². The summed E-state index contributed by atoms with van der Waals surface area (Å²) in [7, 11) is 0. The third-order valence-corrected chi connectivity index (χ3v) is 9.87. The van der Waals surface area contributed by atoms with Crippen molar-refractivity contribution < 1.29 is 14.3 Å². The van der Waals surface area contributed by atoms with Gasteiger partial charge in [0.1, 0.15) is 0 Å². The average molecular weight is 582 g/mol. The first kappa shape index (κ1) is 27.2. The molecule has 3 aliphatic heterocycles. The molecule has 0 bridgehead atoms. The Morgan fingerprint density at radius 2 is 1.86 bits per heavy atom. The molecule has 0 radical (unpaired) electrons. The maximum Gasteiger partial charge on any atom is 0.257 e. The molecule has 2 amide bonds. The van der Waals surface area contributed by atoms with E-state index in [0.29, 0.717) is 35.4 Å². The SMILES string of the molecule is O=C(Nc1nc2c(s1)C[C@@H](N1CCOCC1)CC2)c1cccc([C@H]2CCCN2C(=O)c2cccc(C3=CCN=C3)c2)c1. The van der Waals surface area contributed by atoms with Gasteiger partial charge in [-0.05, 0) is 73.1 Å². The Bertz CT molecular complexity index is 1560. The molecule has 2 aromatic carbocycles. The zero-order chi connectivity index (χ0) is 28.5. The van der Waals surface area contributed by atoms with Crippen LogP contribution in [0.4, 0.5) is 5.13 Å². The number of aryl methyl sites for hydroxylation is 1. The molecule has 0 saturated carbocycles. The molecule has 1 aliphatic carbocycles. The highest BCUT2D eigenvalue weighted by atomic mass is 32.1. The van der Waals surface area contributed by atoms with E-state index in [4.69, 9.17) is 9.72 Å². The number of amides is 2. The number of hydrogen-bond donors (Lipinski definition) is 1. The van der Waals surface area contributed by atoms with Gasteiger partial charge in [-0.2, -0.15) is 0 Å². The average Bonchev–Trinajstić information content (AvgIpc) is 3.82. The topological polar surface area (TPSA) is 87.1 Å². The molecule has 2 saturated heterocycles. The van der Waals surface area contributed by atoms with Crippen LogP contribution in [0.1, 0.15) is 67.7 Å². The summed E-state index contributed by atoms with van der Waals surface area (Å²) >= 11 is 1.60. The minimum Gasteiger partial charge on any atom is -0.379 e. The molecule has 0 spiro atoms. The van der Waals surface area contributed by atoms with Crippen LogP contribution in [0.5, 0.6) is 0 Å². The number of rotatable bonds is 6. The van der Waals surface area contributed by atoms with Crippen molar-refractivity contribution in [2.75, 3.05) is 44.7 Å². The number of carbonyl (C=O) groups is 2. The van der Waals surface area contributed by atoms with Gasteiger partial charge < -0.3 is 9.64 Å². The second-order valence-corrected chi connectivity index (χ2v) is 12.5. The van der Waals surface area contributed by atoms with Crippen LogP contribution < -0.4 is 5.32 Å². The standard InChI is InChI=1S/C33H35N5O3S/c39-31(36-33-35-28-10-9-27(20-30(28)42-33)37-14-16-41-17-15-37)24-6-2-5-23(19-24)29-8-3-13-38(29)32(40)25-7-1-4-22(18-25)26-11-12-34-21-26/h1-2,4-7,11,18-19,21,27,29H,3,8-10,12-17,20H2,(H,35,36,39)/t27-,29+/m0/s1. The summed E-state index contributed by atoms with van der Waals surface area (Å²) in [6.07, 6.45) is 8.76. The molecule has 1 aromatic heterocycles. The zero-order valence-corrected chi connectivity index (χ0v) is 24.4. The number of carbonyl (C=O) groups excluding carboxylic acids is 2. The lowest BCUT2D eigenvalue weighted by atomic mass is 9.96. The quantitative estimate of drug-likeness (QED) is 0.441. The predicted molar refractivity (Wildman–Crippen MR) is 166 cm³/mol. The second-order valence-electron chi connectivity index (χ2n) is 11.4. The minimum atomic E-state index is -0.164. The number of aliphatic imine (C=N–C) groups is 1. The van der Waals surface area contributed by atoms with Crippen molar-refractivity contribution in [1.82, 2.24) is 14.8 Å². The summed E-state index contributed by atoms with van der Waals surface area (Å²) in [5.74, 6) is -0.142. The summed E-state index contributed by atoms with van der Waals surface area (Å²) in [6.45, 7) is 4.98. The normalized spacial score (nSPS) is 22.2. The Hall–Kier alpha value is -3.66. The zero-order valence-electron chi connectivity index (χ0n) is 23.6. The molecule has 42 heavy (non-hydrogen) atoms. The van der Waals surface area contributed by atoms with Crippen molar-refractivity contribution in [2.45, 2.75) is 44.2 Å². The highest BCUT2D eigenvalue weighted by Crippen LogP contribution is 2.35. The molecule has 1 N–H and O–H groups in total. The number of allylic oxidation sites excluding steroid dienone is 1. The van der Waals surface area contributed by atoms with E-state index in [9.17, 15) is 9.59 Å². The molecule has 9 heteroatoms. The summed E-state index contributed by atoms with van der Waals surface area (Å²) in [6, 6.07) is 16.0. The predicted octanol–water partition coefficient (Wildman–Crippen LogP) is 5.03.